The Morgan fingerprint density at radius 2 is 2.32 bits per heavy atom. The van der Waals surface area contributed by atoms with E-state index in [1.807, 2.05) is 11.8 Å². The fourth-order valence-electron chi connectivity index (χ4n) is 2.39. The third-order valence-electron chi connectivity index (χ3n) is 3.30. The number of carbonyl (C=O) groups excluding carboxylic acids is 1. The first-order valence-electron chi connectivity index (χ1n) is 6.47. The highest BCUT2D eigenvalue weighted by atomic mass is 35.5. The monoisotopic (exact) mass is 301 g/mol. The van der Waals surface area contributed by atoms with Crippen molar-refractivity contribution in [1.29, 1.82) is 0 Å². The molecule has 5 heteroatoms. The predicted octanol–water partition coefficient (Wildman–Crippen LogP) is 3.88. The molecule has 2 rings (SSSR count). The summed E-state index contributed by atoms with van der Waals surface area (Å²) in [5.74, 6) is 0.195. The molecular formula is C14H17ClFNOS. The van der Waals surface area contributed by atoms with E-state index in [-0.39, 0.29) is 17.5 Å². The molecule has 0 aliphatic heterocycles. The molecule has 2 nitrogen and oxygen atoms in total. The Morgan fingerprint density at radius 3 is 3.05 bits per heavy atom. The summed E-state index contributed by atoms with van der Waals surface area (Å²) in [5, 5.41) is 3.88. The van der Waals surface area contributed by atoms with Crippen molar-refractivity contribution >= 4 is 29.3 Å². The van der Waals surface area contributed by atoms with Gasteiger partial charge in [-0.15, -0.1) is 0 Å². The van der Waals surface area contributed by atoms with E-state index in [1.165, 1.54) is 18.2 Å². The maximum absolute atomic E-state index is 13.6. The maximum atomic E-state index is 13.6. The van der Waals surface area contributed by atoms with Gasteiger partial charge in [-0.05, 0) is 43.2 Å². The van der Waals surface area contributed by atoms with Gasteiger partial charge in [0.2, 0.25) is 0 Å². The first-order valence-corrected chi connectivity index (χ1v) is 7.90. The highest BCUT2D eigenvalue weighted by molar-refractivity contribution is 7.99. The van der Waals surface area contributed by atoms with Crippen LogP contribution in [0.2, 0.25) is 5.02 Å². The zero-order valence-electron chi connectivity index (χ0n) is 10.8. The second-order valence-electron chi connectivity index (χ2n) is 4.68. The fraction of sp³-hybridized carbons (Fsp3) is 0.500. The van der Waals surface area contributed by atoms with E-state index in [9.17, 15) is 9.18 Å². The van der Waals surface area contributed by atoms with E-state index in [4.69, 9.17) is 11.6 Å². The average molecular weight is 302 g/mol. The molecule has 0 bridgehead atoms. The molecule has 104 valence electrons. The zero-order chi connectivity index (χ0) is 13.8. The molecule has 1 aromatic rings. The Balaban J connectivity index is 1.96. The van der Waals surface area contributed by atoms with E-state index in [1.54, 1.807) is 0 Å². The van der Waals surface area contributed by atoms with Gasteiger partial charge >= 0.3 is 0 Å². The lowest BCUT2D eigenvalue weighted by Gasteiger charge is -2.13. The molecule has 1 saturated carbocycles. The third kappa shape index (κ3) is 3.86. The molecular weight excluding hydrogens is 285 g/mol. The van der Waals surface area contributed by atoms with Gasteiger partial charge in [0.05, 0.1) is 5.56 Å². The molecule has 2 atom stereocenters. The van der Waals surface area contributed by atoms with Crippen LogP contribution in [-0.2, 0) is 0 Å². The lowest BCUT2D eigenvalue weighted by Crippen LogP contribution is -2.33. The number of halogens is 2. The van der Waals surface area contributed by atoms with E-state index in [0.29, 0.717) is 10.3 Å². The lowest BCUT2D eigenvalue weighted by molar-refractivity contribution is 0.0934. The summed E-state index contributed by atoms with van der Waals surface area (Å²) in [4.78, 5) is 12.0. The van der Waals surface area contributed by atoms with Gasteiger partial charge in [0.25, 0.3) is 5.91 Å². The summed E-state index contributed by atoms with van der Waals surface area (Å²) in [7, 11) is 0. The number of benzene rings is 1. The molecule has 2 unspecified atom stereocenters. The molecule has 1 aliphatic rings. The third-order valence-corrected chi connectivity index (χ3v) is 4.76. The minimum atomic E-state index is -0.528. The molecule has 0 aromatic heterocycles. The van der Waals surface area contributed by atoms with Crippen LogP contribution < -0.4 is 5.32 Å². The van der Waals surface area contributed by atoms with Crippen molar-refractivity contribution < 1.29 is 9.18 Å². The first-order chi connectivity index (χ1) is 9.10. The van der Waals surface area contributed by atoms with Gasteiger partial charge in [0.15, 0.2) is 0 Å². The van der Waals surface area contributed by atoms with Gasteiger partial charge in [-0.2, -0.15) is 11.8 Å². The van der Waals surface area contributed by atoms with Crippen LogP contribution in [0.5, 0.6) is 0 Å². The molecule has 1 N–H and O–H groups in total. The molecule has 0 saturated heterocycles. The van der Waals surface area contributed by atoms with Crippen molar-refractivity contribution in [2.45, 2.75) is 37.5 Å². The van der Waals surface area contributed by atoms with E-state index < -0.39 is 5.82 Å². The van der Waals surface area contributed by atoms with Crippen LogP contribution in [0.25, 0.3) is 0 Å². The Bertz CT molecular complexity index is 469. The second-order valence-corrected chi connectivity index (χ2v) is 6.70. The summed E-state index contributed by atoms with van der Waals surface area (Å²) >= 11 is 7.72. The van der Waals surface area contributed by atoms with Crippen molar-refractivity contribution in [3.63, 3.8) is 0 Å². The van der Waals surface area contributed by atoms with Gasteiger partial charge in [-0.25, -0.2) is 4.39 Å². The molecule has 1 amide bonds. The van der Waals surface area contributed by atoms with Crippen LogP contribution in [-0.4, -0.2) is 23.0 Å². The molecule has 1 aliphatic carbocycles. The number of hydrogen-bond donors (Lipinski definition) is 1. The molecule has 0 heterocycles. The molecule has 19 heavy (non-hydrogen) atoms. The van der Waals surface area contributed by atoms with Crippen LogP contribution in [0.3, 0.4) is 0 Å². The largest absolute Gasteiger partial charge is 0.349 e. The Kier molecular flexibility index (Phi) is 5.11. The Hall–Kier alpha value is -0.740. The molecule has 1 aromatic carbocycles. The van der Waals surface area contributed by atoms with Crippen molar-refractivity contribution in [3.05, 3.63) is 34.6 Å². The summed E-state index contributed by atoms with van der Waals surface area (Å²) < 4.78 is 13.6. The van der Waals surface area contributed by atoms with Crippen LogP contribution in [0.15, 0.2) is 18.2 Å². The number of amides is 1. The second kappa shape index (κ2) is 6.62. The van der Waals surface area contributed by atoms with Crippen molar-refractivity contribution in [2.24, 2.45) is 0 Å². The number of rotatable bonds is 4. The Morgan fingerprint density at radius 1 is 1.53 bits per heavy atom. The first kappa shape index (κ1) is 14.7. The van der Waals surface area contributed by atoms with Gasteiger partial charge < -0.3 is 5.32 Å². The van der Waals surface area contributed by atoms with Gasteiger partial charge in [-0.1, -0.05) is 18.5 Å². The average Bonchev–Trinajstić information content (AvgIpc) is 2.80. The number of hydrogen-bond acceptors (Lipinski definition) is 2. The molecule has 0 spiro atoms. The Labute approximate surface area is 122 Å². The zero-order valence-corrected chi connectivity index (χ0v) is 12.4. The highest BCUT2D eigenvalue weighted by Gasteiger charge is 2.26. The topological polar surface area (TPSA) is 29.1 Å². The minimum Gasteiger partial charge on any atom is -0.349 e. The van der Waals surface area contributed by atoms with Crippen molar-refractivity contribution in [1.82, 2.24) is 5.32 Å². The molecule has 1 fully saturated rings. The number of carbonyl (C=O) groups is 1. The van der Waals surface area contributed by atoms with Crippen LogP contribution in [0.1, 0.15) is 36.5 Å². The lowest BCUT2D eigenvalue weighted by atomic mass is 10.1. The summed E-state index contributed by atoms with van der Waals surface area (Å²) in [5.41, 5.74) is 0.0269. The summed E-state index contributed by atoms with van der Waals surface area (Å²) in [6, 6.07) is 4.19. The quantitative estimate of drug-likeness (QED) is 0.914. The van der Waals surface area contributed by atoms with Gasteiger partial charge in [0.1, 0.15) is 5.82 Å². The van der Waals surface area contributed by atoms with E-state index in [2.05, 4.69) is 12.2 Å². The summed E-state index contributed by atoms with van der Waals surface area (Å²) in [6.45, 7) is 2.14. The minimum absolute atomic E-state index is 0.0269. The van der Waals surface area contributed by atoms with E-state index >= 15 is 0 Å². The smallest absolute Gasteiger partial charge is 0.254 e. The van der Waals surface area contributed by atoms with Crippen molar-refractivity contribution in [3.8, 4) is 0 Å². The standard InChI is InChI=1S/C14H17ClFNOS/c1-2-19-11-5-4-10(8-11)17-14(18)12-7-9(15)3-6-13(12)16/h3,6-7,10-11H,2,4-5,8H2,1H3,(H,17,18). The number of thioether (sulfide) groups is 1. The maximum Gasteiger partial charge on any atom is 0.254 e. The van der Waals surface area contributed by atoms with Crippen LogP contribution in [0.4, 0.5) is 4.39 Å². The molecule has 0 radical (unpaired) electrons. The normalized spacial score (nSPS) is 22.5. The van der Waals surface area contributed by atoms with Gasteiger partial charge in [0, 0.05) is 16.3 Å². The SMILES string of the molecule is CCSC1CCC(NC(=O)c2cc(Cl)ccc2F)C1. The number of nitrogens with one attached hydrogen (secondary N) is 1. The van der Waals surface area contributed by atoms with E-state index in [0.717, 1.165) is 25.0 Å². The van der Waals surface area contributed by atoms with Crippen molar-refractivity contribution in [2.75, 3.05) is 5.75 Å². The van der Waals surface area contributed by atoms with Crippen LogP contribution >= 0.6 is 23.4 Å². The highest BCUT2D eigenvalue weighted by Crippen LogP contribution is 2.30. The van der Waals surface area contributed by atoms with Gasteiger partial charge in [-0.3, -0.25) is 4.79 Å². The fourth-order valence-corrected chi connectivity index (χ4v) is 3.71. The summed E-state index contributed by atoms with van der Waals surface area (Å²) in [6.07, 6.45) is 3.04. The predicted molar refractivity (Wildman–Crippen MR) is 78.4 cm³/mol. The van der Waals surface area contributed by atoms with Crippen LogP contribution in [0, 0.1) is 5.82 Å².